The van der Waals surface area contributed by atoms with Crippen LogP contribution in [0.15, 0.2) is 36.4 Å². The number of aryl methyl sites for hydroxylation is 3. The molecule has 5 nitrogen and oxygen atoms in total. The summed E-state index contributed by atoms with van der Waals surface area (Å²) in [4.78, 5) is 26.8. The maximum Gasteiger partial charge on any atom is 0.387 e. The minimum atomic E-state index is -2.89. The number of ether oxygens (including phenoxy) is 2. The van der Waals surface area contributed by atoms with Gasteiger partial charge in [-0.3, -0.25) is 4.79 Å². The smallest absolute Gasteiger partial charge is 0.387 e. The van der Waals surface area contributed by atoms with E-state index in [-0.39, 0.29) is 18.1 Å². The first kappa shape index (κ1) is 21.2. The van der Waals surface area contributed by atoms with E-state index in [1.807, 2.05) is 17.6 Å². The number of hydrogen-bond donors (Lipinski definition) is 0. The van der Waals surface area contributed by atoms with Crippen molar-refractivity contribution in [2.24, 2.45) is 0 Å². The monoisotopic (exact) mass is 445 g/mol. The molecule has 0 saturated heterocycles. The minimum absolute atomic E-state index is 0.0592. The molecule has 0 N–H and O–H groups in total. The number of rotatable bonds is 7. The van der Waals surface area contributed by atoms with Crippen molar-refractivity contribution in [2.45, 2.75) is 39.7 Å². The Labute approximate surface area is 182 Å². The molecule has 0 atom stereocenters. The first-order valence-electron chi connectivity index (χ1n) is 9.89. The van der Waals surface area contributed by atoms with Crippen molar-refractivity contribution >= 4 is 23.1 Å². The number of Topliss-reactive ketones (excluding diaryl/α,β-unsaturated/α-hetero) is 1. The Morgan fingerprint density at radius 3 is 2.55 bits per heavy atom. The fourth-order valence-electron chi connectivity index (χ4n) is 3.93. The molecule has 1 aromatic carbocycles. The molecular formula is C23H21F2NO4S. The van der Waals surface area contributed by atoms with Crippen molar-refractivity contribution in [2.75, 3.05) is 6.61 Å². The molecular weight excluding hydrogens is 424 g/mol. The Kier molecular flexibility index (Phi) is 5.91. The van der Waals surface area contributed by atoms with Gasteiger partial charge in [0.1, 0.15) is 10.6 Å². The van der Waals surface area contributed by atoms with Gasteiger partial charge in [0.15, 0.2) is 6.61 Å². The number of fused-ring (bicyclic) bond motifs is 1. The van der Waals surface area contributed by atoms with Crippen LogP contribution >= 0.6 is 11.3 Å². The Hall–Kier alpha value is -3.00. The van der Waals surface area contributed by atoms with Crippen LogP contribution in [0.4, 0.5) is 8.78 Å². The van der Waals surface area contributed by atoms with Crippen LogP contribution in [-0.4, -0.2) is 29.5 Å². The molecule has 162 valence electrons. The molecule has 2 heterocycles. The number of thiophene rings is 1. The van der Waals surface area contributed by atoms with Gasteiger partial charge in [0, 0.05) is 27.5 Å². The first-order chi connectivity index (χ1) is 14.8. The highest BCUT2D eigenvalue weighted by atomic mass is 32.1. The number of esters is 1. The third-order valence-electron chi connectivity index (χ3n) is 5.33. The molecule has 1 aliphatic rings. The summed E-state index contributed by atoms with van der Waals surface area (Å²) in [5, 5.41) is 0. The highest BCUT2D eigenvalue weighted by Crippen LogP contribution is 2.31. The maximum atomic E-state index is 12.7. The fourth-order valence-corrected chi connectivity index (χ4v) is 5.08. The van der Waals surface area contributed by atoms with E-state index < -0.39 is 12.6 Å². The second-order valence-corrected chi connectivity index (χ2v) is 8.54. The van der Waals surface area contributed by atoms with Gasteiger partial charge in [0.2, 0.25) is 5.78 Å². The lowest BCUT2D eigenvalue weighted by molar-refractivity contribution is -0.0498. The van der Waals surface area contributed by atoms with Crippen molar-refractivity contribution in [3.8, 4) is 11.4 Å². The highest BCUT2D eigenvalue weighted by molar-refractivity contribution is 7.14. The lowest BCUT2D eigenvalue weighted by Gasteiger charge is -2.11. The maximum absolute atomic E-state index is 12.7. The molecule has 3 aromatic rings. The van der Waals surface area contributed by atoms with E-state index in [9.17, 15) is 18.4 Å². The van der Waals surface area contributed by atoms with Crippen molar-refractivity contribution < 1.29 is 27.8 Å². The van der Waals surface area contributed by atoms with E-state index in [4.69, 9.17) is 4.74 Å². The Morgan fingerprint density at radius 1 is 1.13 bits per heavy atom. The van der Waals surface area contributed by atoms with Crippen molar-refractivity contribution in [3.05, 3.63) is 68.7 Å². The molecule has 0 amide bonds. The van der Waals surface area contributed by atoms with Crippen LogP contribution in [0.5, 0.6) is 5.75 Å². The number of ketones is 1. The predicted molar refractivity (Wildman–Crippen MR) is 113 cm³/mol. The number of carbonyl (C=O) groups is 2. The lowest BCUT2D eigenvalue weighted by atomic mass is 10.1. The zero-order chi connectivity index (χ0) is 22.1. The second-order valence-electron chi connectivity index (χ2n) is 7.40. The second kappa shape index (κ2) is 8.63. The van der Waals surface area contributed by atoms with Gasteiger partial charge in [-0.2, -0.15) is 8.78 Å². The molecule has 0 saturated carbocycles. The molecule has 0 bridgehead atoms. The van der Waals surface area contributed by atoms with Crippen LogP contribution < -0.4 is 4.74 Å². The van der Waals surface area contributed by atoms with E-state index in [0.717, 1.165) is 25.0 Å². The zero-order valence-electron chi connectivity index (χ0n) is 17.1. The molecule has 0 fully saturated rings. The predicted octanol–water partition coefficient (Wildman–Crippen LogP) is 5.29. The largest absolute Gasteiger partial charge is 0.453 e. The van der Waals surface area contributed by atoms with E-state index in [2.05, 4.69) is 4.74 Å². The first-order valence-corrected chi connectivity index (χ1v) is 10.7. The number of carbonyl (C=O) groups excluding carboxylic acids is 2. The topological polar surface area (TPSA) is 57.5 Å². The number of benzene rings is 1. The number of hydrogen-bond acceptors (Lipinski definition) is 5. The molecule has 0 spiro atoms. The van der Waals surface area contributed by atoms with Gasteiger partial charge in [-0.05, 0) is 75.1 Å². The fraction of sp³-hybridized carbons (Fsp3) is 0.304. The van der Waals surface area contributed by atoms with E-state index in [0.29, 0.717) is 21.8 Å². The number of aromatic nitrogens is 1. The number of halogens is 2. The Balaban J connectivity index is 1.46. The standard InChI is InChI=1S/C23H21F2NO4S/c1-13-10-18(14(2)26(13)16-6-8-17(9-7-16)30-23(24)25)19(27)12-29-22(28)21-11-15-4-3-5-20(15)31-21/h6-11,23H,3-5,12H2,1-2H3. The van der Waals surface area contributed by atoms with Crippen LogP contribution in [0.1, 0.15) is 48.3 Å². The third kappa shape index (κ3) is 4.39. The molecule has 31 heavy (non-hydrogen) atoms. The van der Waals surface area contributed by atoms with Gasteiger partial charge in [-0.15, -0.1) is 11.3 Å². The molecule has 8 heteroatoms. The molecule has 1 aliphatic carbocycles. The molecule has 0 radical (unpaired) electrons. The lowest BCUT2D eigenvalue weighted by Crippen LogP contribution is -2.14. The average molecular weight is 445 g/mol. The average Bonchev–Trinajstić information content (AvgIpc) is 3.40. The van der Waals surface area contributed by atoms with Gasteiger partial charge in [-0.25, -0.2) is 4.79 Å². The van der Waals surface area contributed by atoms with Crippen LogP contribution in [0.2, 0.25) is 0 Å². The molecule has 0 aliphatic heterocycles. The van der Waals surface area contributed by atoms with E-state index in [1.54, 1.807) is 25.1 Å². The summed E-state index contributed by atoms with van der Waals surface area (Å²) in [7, 11) is 0. The summed E-state index contributed by atoms with van der Waals surface area (Å²) in [5.74, 6) is -0.713. The van der Waals surface area contributed by atoms with Crippen LogP contribution in [0.3, 0.4) is 0 Å². The molecule has 0 unspecified atom stereocenters. The quantitative estimate of drug-likeness (QED) is 0.367. The van der Waals surface area contributed by atoms with Crippen molar-refractivity contribution in [3.63, 3.8) is 0 Å². The third-order valence-corrected chi connectivity index (χ3v) is 6.55. The van der Waals surface area contributed by atoms with Gasteiger partial charge in [0.05, 0.1) is 0 Å². The van der Waals surface area contributed by atoms with Crippen LogP contribution in [-0.2, 0) is 17.6 Å². The van der Waals surface area contributed by atoms with Gasteiger partial charge < -0.3 is 14.0 Å². The SMILES string of the molecule is Cc1cc(C(=O)COC(=O)c2cc3c(s2)CCC3)c(C)n1-c1ccc(OC(F)F)cc1. The summed E-state index contributed by atoms with van der Waals surface area (Å²) >= 11 is 1.44. The molecule has 4 rings (SSSR count). The highest BCUT2D eigenvalue weighted by Gasteiger charge is 2.22. The van der Waals surface area contributed by atoms with Crippen LogP contribution in [0, 0.1) is 13.8 Å². The molecule has 2 aromatic heterocycles. The summed E-state index contributed by atoms with van der Waals surface area (Å²) < 4.78 is 36.2. The summed E-state index contributed by atoms with van der Waals surface area (Å²) in [5.41, 5.74) is 3.84. The van der Waals surface area contributed by atoms with Crippen molar-refractivity contribution in [1.29, 1.82) is 0 Å². The summed E-state index contributed by atoms with van der Waals surface area (Å²) in [6.45, 7) is 0.400. The Bertz CT molecular complexity index is 1110. The minimum Gasteiger partial charge on any atom is -0.453 e. The van der Waals surface area contributed by atoms with Gasteiger partial charge in [0.25, 0.3) is 0 Å². The summed E-state index contributed by atoms with van der Waals surface area (Å²) in [6.07, 6.45) is 3.10. The van der Waals surface area contributed by atoms with Crippen molar-refractivity contribution in [1.82, 2.24) is 4.57 Å². The Morgan fingerprint density at radius 2 is 1.87 bits per heavy atom. The summed E-state index contributed by atoms with van der Waals surface area (Å²) in [6, 6.07) is 9.77. The van der Waals surface area contributed by atoms with Crippen LogP contribution in [0.25, 0.3) is 5.69 Å². The van der Waals surface area contributed by atoms with Gasteiger partial charge >= 0.3 is 12.6 Å². The normalized spacial score (nSPS) is 12.8. The number of nitrogens with zero attached hydrogens (tertiary/aromatic N) is 1. The van der Waals surface area contributed by atoms with E-state index in [1.165, 1.54) is 33.9 Å². The van der Waals surface area contributed by atoms with Gasteiger partial charge in [-0.1, -0.05) is 0 Å². The zero-order valence-corrected chi connectivity index (χ0v) is 17.9. The number of alkyl halides is 2. The van der Waals surface area contributed by atoms with E-state index >= 15 is 0 Å².